The van der Waals surface area contributed by atoms with Crippen molar-refractivity contribution in [2.75, 3.05) is 18.8 Å². The normalized spacial score (nSPS) is 22.8. The molecule has 2 fully saturated rings. The van der Waals surface area contributed by atoms with Gasteiger partial charge in [0.05, 0.1) is 0 Å². The summed E-state index contributed by atoms with van der Waals surface area (Å²) in [4.78, 5) is 0. The third-order valence-electron chi connectivity index (χ3n) is 5.50. The summed E-state index contributed by atoms with van der Waals surface area (Å²) < 4.78 is 0. The quantitative estimate of drug-likeness (QED) is 0.767. The van der Waals surface area contributed by atoms with Crippen LogP contribution in [0.2, 0.25) is 0 Å². The summed E-state index contributed by atoms with van der Waals surface area (Å²) >= 11 is 0. The van der Waals surface area contributed by atoms with Crippen LogP contribution in [0.1, 0.15) is 51.0 Å². The maximum Gasteiger partial charge on any atom is 0.0314 e. The van der Waals surface area contributed by atoms with E-state index in [1.165, 1.54) is 50.6 Å². The van der Waals surface area contributed by atoms with Crippen molar-refractivity contribution < 1.29 is 0 Å². The fourth-order valence-electron chi connectivity index (χ4n) is 3.45. The number of rotatable bonds is 6. The van der Waals surface area contributed by atoms with Gasteiger partial charge in [-0.25, -0.2) is 0 Å². The van der Waals surface area contributed by atoms with E-state index in [0.29, 0.717) is 10.8 Å². The van der Waals surface area contributed by atoms with E-state index in [4.69, 9.17) is 5.73 Å². The van der Waals surface area contributed by atoms with E-state index in [-0.39, 0.29) is 0 Å². The number of nitrogen functional groups attached to an aromatic ring is 1. The largest absolute Gasteiger partial charge is 0.399 e. The molecule has 0 atom stereocenters. The molecule has 2 aliphatic carbocycles. The van der Waals surface area contributed by atoms with Crippen LogP contribution < -0.4 is 11.1 Å². The van der Waals surface area contributed by atoms with E-state index in [9.17, 15) is 0 Å². The lowest BCUT2D eigenvalue weighted by Gasteiger charge is -2.42. The number of anilines is 1. The SMILES string of the molecule is CCC1(CNCC2(c3ccc(N)cc3)CC2)CCC1. The van der Waals surface area contributed by atoms with Crippen LogP contribution in [0.5, 0.6) is 0 Å². The molecular weight excluding hydrogens is 232 g/mol. The Bertz CT molecular complexity index is 422. The number of nitrogens with two attached hydrogens (primary N) is 1. The van der Waals surface area contributed by atoms with Gasteiger partial charge in [-0.05, 0) is 55.2 Å². The molecule has 1 aromatic rings. The zero-order valence-electron chi connectivity index (χ0n) is 12.0. The molecule has 3 rings (SSSR count). The second-order valence-corrected chi connectivity index (χ2v) is 6.71. The Hall–Kier alpha value is -1.02. The van der Waals surface area contributed by atoms with Gasteiger partial charge in [-0.3, -0.25) is 0 Å². The highest BCUT2D eigenvalue weighted by Crippen LogP contribution is 2.48. The van der Waals surface area contributed by atoms with E-state index in [2.05, 4.69) is 24.4 Å². The molecule has 0 amide bonds. The summed E-state index contributed by atoms with van der Waals surface area (Å²) in [5.41, 5.74) is 9.14. The highest BCUT2D eigenvalue weighted by Gasteiger charge is 2.44. The maximum atomic E-state index is 5.78. The predicted molar refractivity (Wildman–Crippen MR) is 81.2 cm³/mol. The van der Waals surface area contributed by atoms with Crippen molar-refractivity contribution in [3.05, 3.63) is 29.8 Å². The summed E-state index contributed by atoms with van der Waals surface area (Å²) in [6.07, 6.45) is 8.25. The van der Waals surface area contributed by atoms with E-state index >= 15 is 0 Å². The van der Waals surface area contributed by atoms with Gasteiger partial charge in [-0.2, -0.15) is 0 Å². The number of benzene rings is 1. The third-order valence-corrected chi connectivity index (χ3v) is 5.50. The molecule has 0 heterocycles. The average molecular weight is 258 g/mol. The van der Waals surface area contributed by atoms with Crippen LogP contribution >= 0.6 is 0 Å². The van der Waals surface area contributed by atoms with Crippen molar-refractivity contribution >= 4 is 5.69 Å². The highest BCUT2D eigenvalue weighted by molar-refractivity contribution is 5.43. The topological polar surface area (TPSA) is 38.0 Å². The Morgan fingerprint density at radius 3 is 2.21 bits per heavy atom. The van der Waals surface area contributed by atoms with Crippen LogP contribution in [-0.4, -0.2) is 13.1 Å². The highest BCUT2D eigenvalue weighted by atomic mass is 14.9. The molecule has 104 valence electrons. The summed E-state index contributed by atoms with van der Waals surface area (Å²) in [5.74, 6) is 0. The Kier molecular flexibility index (Phi) is 3.30. The molecule has 19 heavy (non-hydrogen) atoms. The van der Waals surface area contributed by atoms with Crippen LogP contribution in [0.15, 0.2) is 24.3 Å². The lowest BCUT2D eigenvalue weighted by atomic mass is 9.67. The first-order chi connectivity index (χ1) is 9.18. The van der Waals surface area contributed by atoms with Gasteiger partial charge in [-0.15, -0.1) is 0 Å². The Morgan fingerprint density at radius 2 is 1.74 bits per heavy atom. The zero-order chi connectivity index (χ0) is 13.3. The van der Waals surface area contributed by atoms with Crippen LogP contribution in [0.4, 0.5) is 5.69 Å². The smallest absolute Gasteiger partial charge is 0.0314 e. The molecule has 0 bridgehead atoms. The van der Waals surface area contributed by atoms with Crippen molar-refractivity contribution in [2.45, 2.75) is 50.9 Å². The van der Waals surface area contributed by atoms with Crippen LogP contribution in [0.3, 0.4) is 0 Å². The molecule has 0 radical (unpaired) electrons. The van der Waals surface area contributed by atoms with Crippen molar-refractivity contribution in [2.24, 2.45) is 5.41 Å². The van der Waals surface area contributed by atoms with Gasteiger partial charge in [0.15, 0.2) is 0 Å². The Balaban J connectivity index is 1.56. The molecule has 0 aliphatic heterocycles. The van der Waals surface area contributed by atoms with Gasteiger partial charge in [0.1, 0.15) is 0 Å². The first kappa shape index (κ1) is 13.0. The Labute approximate surface area is 116 Å². The van der Waals surface area contributed by atoms with E-state index < -0.39 is 0 Å². The molecule has 2 nitrogen and oxygen atoms in total. The standard InChI is InChI=1S/C17H26N2/c1-2-16(8-3-9-16)12-19-13-17(10-11-17)14-4-6-15(18)7-5-14/h4-7,19H,2-3,8-13,18H2,1H3. The van der Waals surface area contributed by atoms with Crippen LogP contribution in [0.25, 0.3) is 0 Å². The average Bonchev–Trinajstić information content (AvgIpc) is 3.15. The number of hydrogen-bond acceptors (Lipinski definition) is 2. The summed E-state index contributed by atoms with van der Waals surface area (Å²) in [6, 6.07) is 8.50. The third kappa shape index (κ3) is 2.51. The number of hydrogen-bond donors (Lipinski definition) is 2. The fraction of sp³-hybridized carbons (Fsp3) is 0.647. The molecule has 0 spiro atoms. The number of nitrogens with one attached hydrogen (secondary N) is 1. The molecule has 2 aliphatic rings. The lowest BCUT2D eigenvalue weighted by molar-refractivity contribution is 0.123. The molecule has 2 saturated carbocycles. The van der Waals surface area contributed by atoms with Gasteiger partial charge in [0.2, 0.25) is 0 Å². The van der Waals surface area contributed by atoms with E-state index in [0.717, 1.165) is 12.2 Å². The summed E-state index contributed by atoms with van der Waals surface area (Å²) in [7, 11) is 0. The summed E-state index contributed by atoms with van der Waals surface area (Å²) in [6.45, 7) is 4.69. The lowest BCUT2D eigenvalue weighted by Crippen LogP contribution is -2.41. The minimum atomic E-state index is 0.409. The van der Waals surface area contributed by atoms with Crippen molar-refractivity contribution in [3.8, 4) is 0 Å². The van der Waals surface area contributed by atoms with Crippen molar-refractivity contribution in [1.29, 1.82) is 0 Å². The van der Waals surface area contributed by atoms with Gasteiger partial charge in [-0.1, -0.05) is 25.5 Å². The van der Waals surface area contributed by atoms with E-state index in [1.54, 1.807) is 0 Å². The zero-order valence-corrected chi connectivity index (χ0v) is 12.0. The van der Waals surface area contributed by atoms with Gasteiger partial charge >= 0.3 is 0 Å². The predicted octanol–water partition coefficient (Wildman–Crippen LogP) is 3.47. The Morgan fingerprint density at radius 1 is 1.05 bits per heavy atom. The molecule has 0 saturated heterocycles. The van der Waals surface area contributed by atoms with Crippen molar-refractivity contribution in [3.63, 3.8) is 0 Å². The fourth-order valence-corrected chi connectivity index (χ4v) is 3.45. The van der Waals surface area contributed by atoms with Gasteiger partial charge < -0.3 is 11.1 Å². The molecule has 0 unspecified atom stereocenters. The molecule has 3 N–H and O–H groups in total. The minimum Gasteiger partial charge on any atom is -0.399 e. The van der Waals surface area contributed by atoms with E-state index in [1.807, 2.05) is 12.1 Å². The molecule has 0 aromatic heterocycles. The van der Waals surface area contributed by atoms with Crippen molar-refractivity contribution in [1.82, 2.24) is 5.32 Å². The second kappa shape index (κ2) is 4.82. The minimum absolute atomic E-state index is 0.409. The van der Waals surface area contributed by atoms with Crippen LogP contribution in [0, 0.1) is 5.41 Å². The first-order valence-electron chi connectivity index (χ1n) is 7.75. The first-order valence-corrected chi connectivity index (χ1v) is 7.75. The van der Waals surface area contributed by atoms with Gasteiger partial charge in [0.25, 0.3) is 0 Å². The second-order valence-electron chi connectivity index (χ2n) is 6.71. The van der Waals surface area contributed by atoms with Crippen LogP contribution in [-0.2, 0) is 5.41 Å². The maximum absolute atomic E-state index is 5.78. The summed E-state index contributed by atoms with van der Waals surface area (Å²) in [5, 5.41) is 3.76. The molecule has 2 heteroatoms. The van der Waals surface area contributed by atoms with Gasteiger partial charge in [0, 0.05) is 24.2 Å². The monoisotopic (exact) mass is 258 g/mol. The molecular formula is C17H26N2. The molecule has 1 aromatic carbocycles.